The quantitative estimate of drug-likeness (QED) is 0.474. The lowest BCUT2D eigenvalue weighted by Gasteiger charge is -2.18. The third-order valence-corrected chi connectivity index (χ3v) is 5.91. The maximum atomic E-state index is 12.5. The number of alkyl halides is 3. The molecule has 0 aliphatic carbocycles. The standard InChI is InChI=1S/C15H14F3O6PS/c16-15(17,18)26(20,21)24-25(19,22-11-13-7-3-1-4-8-13)23-12-14-9-5-2-6-10-14/h1-10H,11-12H2. The van der Waals surface area contributed by atoms with Crippen LogP contribution in [-0.4, -0.2) is 13.9 Å². The molecule has 6 nitrogen and oxygen atoms in total. The smallest absolute Gasteiger partial charge is 0.281 e. The summed E-state index contributed by atoms with van der Waals surface area (Å²) in [6, 6.07) is 16.0. The zero-order valence-corrected chi connectivity index (χ0v) is 14.8. The predicted molar refractivity (Wildman–Crippen MR) is 86.1 cm³/mol. The Hall–Kier alpha value is -1.71. The Kier molecular flexibility index (Phi) is 6.59. The molecule has 0 bridgehead atoms. The van der Waals surface area contributed by atoms with E-state index in [4.69, 9.17) is 9.05 Å². The van der Waals surface area contributed by atoms with Gasteiger partial charge in [0, 0.05) is 0 Å². The number of hydrogen-bond acceptors (Lipinski definition) is 6. The van der Waals surface area contributed by atoms with Gasteiger partial charge in [-0.1, -0.05) is 60.7 Å². The lowest BCUT2D eigenvalue weighted by molar-refractivity contribution is -0.0516. The van der Waals surface area contributed by atoms with E-state index in [1.54, 1.807) is 60.7 Å². The van der Waals surface area contributed by atoms with Gasteiger partial charge in [-0.3, -0.25) is 9.05 Å². The highest BCUT2D eigenvalue weighted by Gasteiger charge is 2.52. The molecule has 0 spiro atoms. The fraction of sp³-hybridized carbons (Fsp3) is 0.200. The van der Waals surface area contributed by atoms with Gasteiger partial charge in [-0.15, -0.1) is 0 Å². The van der Waals surface area contributed by atoms with E-state index in [1.165, 1.54) is 0 Å². The highest BCUT2D eigenvalue weighted by Crippen LogP contribution is 2.54. The molecule has 0 aliphatic rings. The molecule has 0 N–H and O–H groups in total. The number of rotatable bonds is 8. The van der Waals surface area contributed by atoms with Crippen LogP contribution in [0.4, 0.5) is 13.2 Å². The molecule has 2 aromatic rings. The van der Waals surface area contributed by atoms with Crippen molar-refractivity contribution in [3.8, 4) is 0 Å². The number of phosphoric acid groups is 1. The van der Waals surface area contributed by atoms with Crippen LogP contribution in [0.5, 0.6) is 0 Å². The van der Waals surface area contributed by atoms with E-state index in [1.807, 2.05) is 0 Å². The molecule has 0 fully saturated rings. The molecule has 0 unspecified atom stereocenters. The maximum Gasteiger partial charge on any atom is 0.523 e. The van der Waals surface area contributed by atoms with Crippen LogP contribution in [0.15, 0.2) is 60.7 Å². The summed E-state index contributed by atoms with van der Waals surface area (Å²) >= 11 is 0. The maximum absolute atomic E-state index is 12.5. The highest BCUT2D eigenvalue weighted by atomic mass is 32.2. The van der Waals surface area contributed by atoms with E-state index in [0.717, 1.165) is 0 Å². The van der Waals surface area contributed by atoms with Crippen LogP contribution in [-0.2, 0) is 40.9 Å². The van der Waals surface area contributed by atoms with Crippen molar-refractivity contribution in [1.82, 2.24) is 0 Å². The van der Waals surface area contributed by atoms with Gasteiger partial charge in [-0.05, 0) is 11.1 Å². The number of halogens is 3. The number of benzene rings is 2. The van der Waals surface area contributed by atoms with E-state index in [2.05, 4.69) is 3.97 Å². The van der Waals surface area contributed by atoms with Gasteiger partial charge in [0.2, 0.25) is 0 Å². The van der Waals surface area contributed by atoms with Crippen molar-refractivity contribution in [3.05, 3.63) is 71.8 Å². The Bertz CT molecular complexity index is 808. The van der Waals surface area contributed by atoms with Crippen molar-refractivity contribution in [2.45, 2.75) is 18.7 Å². The van der Waals surface area contributed by atoms with Gasteiger partial charge in [-0.25, -0.2) is 4.57 Å². The fourth-order valence-corrected chi connectivity index (χ4v) is 4.03. The topological polar surface area (TPSA) is 78.9 Å². The van der Waals surface area contributed by atoms with Crippen LogP contribution in [0.2, 0.25) is 0 Å². The van der Waals surface area contributed by atoms with E-state index < -0.39 is 36.7 Å². The summed E-state index contributed by atoms with van der Waals surface area (Å²) in [7, 11) is -11.3. The van der Waals surface area contributed by atoms with Gasteiger partial charge in [0.15, 0.2) is 0 Å². The average molecular weight is 410 g/mol. The minimum absolute atomic E-state index is 0.434. The van der Waals surface area contributed by atoms with E-state index in [9.17, 15) is 26.2 Å². The van der Waals surface area contributed by atoms with Crippen molar-refractivity contribution in [2.24, 2.45) is 0 Å². The fourth-order valence-electron chi connectivity index (χ4n) is 1.70. The second-order valence-electron chi connectivity index (χ2n) is 4.94. The summed E-state index contributed by atoms with van der Waals surface area (Å²) in [6.45, 7) is -0.944. The second-order valence-corrected chi connectivity index (χ2v) is 8.32. The third-order valence-electron chi connectivity index (χ3n) is 2.94. The molecular formula is C15H14F3O6PS. The molecule has 0 heterocycles. The summed E-state index contributed by atoms with van der Waals surface area (Å²) in [5, 5.41) is 0. The minimum atomic E-state index is -6.18. The Morgan fingerprint density at radius 2 is 1.19 bits per heavy atom. The third kappa shape index (κ3) is 5.93. The van der Waals surface area contributed by atoms with Crippen molar-refractivity contribution >= 4 is 17.9 Å². The van der Waals surface area contributed by atoms with Gasteiger partial charge >= 0.3 is 23.4 Å². The molecule has 11 heteroatoms. The van der Waals surface area contributed by atoms with Crippen LogP contribution in [0.1, 0.15) is 11.1 Å². The first kappa shape index (κ1) is 20.6. The lowest BCUT2D eigenvalue weighted by Crippen LogP contribution is -2.25. The SMILES string of the molecule is O=P(OCc1ccccc1)(OCc1ccccc1)OS(=O)(=O)C(F)(F)F. The Morgan fingerprint density at radius 1 is 0.808 bits per heavy atom. The molecule has 2 rings (SSSR count). The van der Waals surface area contributed by atoms with Crippen molar-refractivity contribution < 1.29 is 39.2 Å². The van der Waals surface area contributed by atoms with Crippen LogP contribution in [0, 0.1) is 0 Å². The summed E-state index contributed by atoms with van der Waals surface area (Å²) in [4.78, 5) is 0. The molecule has 26 heavy (non-hydrogen) atoms. The molecule has 0 atom stereocenters. The van der Waals surface area contributed by atoms with Crippen molar-refractivity contribution in [3.63, 3.8) is 0 Å². The van der Waals surface area contributed by atoms with Crippen LogP contribution in [0.3, 0.4) is 0 Å². The summed E-state index contributed by atoms with van der Waals surface area (Å²) in [5.74, 6) is 0. The van der Waals surface area contributed by atoms with E-state index >= 15 is 0 Å². The van der Waals surface area contributed by atoms with Gasteiger partial charge < -0.3 is 0 Å². The van der Waals surface area contributed by atoms with Gasteiger partial charge in [0.25, 0.3) is 0 Å². The molecule has 0 aromatic heterocycles. The Labute approximate surface area is 148 Å². The Balaban J connectivity index is 2.17. The molecule has 0 saturated heterocycles. The molecular weight excluding hydrogens is 396 g/mol. The first-order valence-electron chi connectivity index (χ1n) is 7.11. The van der Waals surface area contributed by atoms with Gasteiger partial charge in [0.1, 0.15) is 0 Å². The molecule has 0 saturated carbocycles. The van der Waals surface area contributed by atoms with Crippen LogP contribution in [0.25, 0.3) is 0 Å². The largest absolute Gasteiger partial charge is 0.523 e. The van der Waals surface area contributed by atoms with E-state index in [-0.39, 0.29) is 0 Å². The number of hydrogen-bond donors (Lipinski definition) is 0. The van der Waals surface area contributed by atoms with Gasteiger partial charge in [0.05, 0.1) is 13.2 Å². The summed E-state index contributed by atoms with van der Waals surface area (Å²) in [6.07, 6.45) is 0. The molecule has 0 radical (unpaired) electrons. The molecule has 0 aliphatic heterocycles. The summed E-state index contributed by atoms with van der Waals surface area (Å²) in [5.41, 5.74) is -4.90. The molecule has 0 amide bonds. The average Bonchev–Trinajstić information content (AvgIpc) is 2.59. The summed E-state index contributed by atoms with van der Waals surface area (Å²) < 4.78 is 85.9. The normalized spacial score (nSPS) is 12.9. The monoisotopic (exact) mass is 410 g/mol. The molecule has 142 valence electrons. The number of phosphoric ester groups is 1. The first-order chi connectivity index (χ1) is 12.1. The van der Waals surface area contributed by atoms with E-state index in [0.29, 0.717) is 11.1 Å². The van der Waals surface area contributed by atoms with Crippen LogP contribution < -0.4 is 0 Å². The zero-order valence-electron chi connectivity index (χ0n) is 13.1. The highest BCUT2D eigenvalue weighted by molar-refractivity contribution is 7.91. The molecule has 2 aromatic carbocycles. The van der Waals surface area contributed by atoms with Gasteiger partial charge in [-0.2, -0.15) is 25.6 Å². The predicted octanol–water partition coefficient (Wildman–Crippen LogP) is 4.39. The zero-order chi connectivity index (χ0) is 19.3. The second kappa shape index (κ2) is 8.32. The Morgan fingerprint density at radius 3 is 1.54 bits per heavy atom. The lowest BCUT2D eigenvalue weighted by atomic mass is 10.2. The minimum Gasteiger partial charge on any atom is -0.281 e. The van der Waals surface area contributed by atoms with Crippen molar-refractivity contribution in [1.29, 1.82) is 0 Å². The first-order valence-corrected chi connectivity index (χ1v) is 9.98. The van der Waals surface area contributed by atoms with Crippen molar-refractivity contribution in [2.75, 3.05) is 0 Å². The van der Waals surface area contributed by atoms with Crippen LogP contribution >= 0.6 is 7.82 Å².